The lowest BCUT2D eigenvalue weighted by Crippen LogP contribution is -2.72. The number of rotatable bonds is 35. The molecule has 138 heavy (non-hydrogen) atoms. The van der Waals surface area contributed by atoms with Crippen molar-refractivity contribution in [2.75, 3.05) is 33.0 Å². The fraction of sp³-hybridized carbons (Fsp3) is 0.364. The maximum Gasteiger partial charge on any atom is 0.349 e. The van der Waals surface area contributed by atoms with Crippen molar-refractivity contribution >= 4 is 64.4 Å². The molecule has 10 aromatic rings. The van der Waals surface area contributed by atoms with E-state index in [1.54, 1.807) is 146 Å². The Morgan fingerprint density at radius 3 is 0.870 bits per heavy atom. The first-order chi connectivity index (χ1) is 66.5. The minimum atomic E-state index is -3.34. The molecule has 31 heteroatoms. The topological polar surface area (TPSA) is 341 Å². The van der Waals surface area contributed by atoms with Crippen LogP contribution in [0.4, 0.5) is 0 Å². The number of fused-ring (bicyclic) bond motifs is 1. The standard InChI is InChI=1S/C107H114O29Si2/c1-106(2,3)138(107(4,5)6)123-67-81-85(136-138)87(118-62-68-40-20-10-21-41-68)90(119-63-69-42-22-11-23-43-69)102(127-81)120-64-78-82(108)86(130-96(111)72-48-28-14-29-49-72)91(133-99(114)75-54-34-17-35-55-75)104(124-78)121-66-80-84(129-95(110)71-46-26-13-27-47-71)89(132-98(113)74-52-32-16-33-53-74)93(135-101(116)77-58-38-19-39-59-77)105(126-80)122-65-79-83(128-94(109)70-44-24-12-25-45-70)88(131-97(112)73-50-30-15-31-51-73)92(103(125-79)117-60-61-137(7,8)9)134-100(115)76-56-36-18-37-57-76/h10-59,78-93,102-105,108H,60-67H2,1-9H3/t78-,79-,80-,81-,82+,83+,84+,85+,86+,87+,88+,89+,90-,91-,92-,93-,102+,103-,104+,105-/m1/s1. The molecule has 724 valence electrons. The summed E-state index contributed by atoms with van der Waals surface area (Å²) in [4.78, 5) is 121. The predicted molar refractivity (Wildman–Crippen MR) is 504 cm³/mol. The van der Waals surface area contributed by atoms with Crippen molar-refractivity contribution in [3.05, 3.63) is 359 Å². The van der Waals surface area contributed by atoms with Crippen LogP contribution in [0.15, 0.2) is 303 Å². The molecule has 0 amide bonds. The third-order valence-corrected chi connectivity index (χ3v) is 31.0. The molecule has 5 fully saturated rings. The average molecular weight is 1920 g/mol. The molecule has 0 aromatic heterocycles. The van der Waals surface area contributed by atoms with Crippen molar-refractivity contribution in [1.29, 1.82) is 0 Å². The van der Waals surface area contributed by atoms with Crippen molar-refractivity contribution in [1.82, 2.24) is 0 Å². The first kappa shape index (κ1) is 100. The molecule has 29 nitrogen and oxygen atoms in total. The predicted octanol–water partition coefficient (Wildman–Crippen LogP) is 16.1. The molecule has 20 atom stereocenters. The van der Waals surface area contributed by atoms with E-state index in [4.69, 9.17) is 94.1 Å². The fourth-order valence-corrected chi connectivity index (χ4v) is 22.9. The molecule has 5 aliphatic rings. The molecule has 0 unspecified atom stereocenters. The van der Waals surface area contributed by atoms with Gasteiger partial charge in [0.2, 0.25) is 0 Å². The third kappa shape index (κ3) is 25.1. The van der Waals surface area contributed by atoms with Crippen molar-refractivity contribution < 1.29 is 138 Å². The zero-order chi connectivity index (χ0) is 97.1. The van der Waals surface area contributed by atoms with E-state index in [1.165, 1.54) is 97.1 Å². The van der Waals surface area contributed by atoms with Crippen LogP contribution in [0, 0.1) is 0 Å². The number of carbonyl (C=O) groups is 8. The van der Waals surface area contributed by atoms with E-state index in [-0.39, 0.29) is 70.9 Å². The van der Waals surface area contributed by atoms with Crippen molar-refractivity contribution in [3.63, 3.8) is 0 Å². The van der Waals surface area contributed by atoms with Crippen LogP contribution in [-0.4, -0.2) is 225 Å². The Balaban J connectivity index is 0.852. The van der Waals surface area contributed by atoms with Crippen molar-refractivity contribution in [3.8, 4) is 0 Å². The molecular weight excluding hydrogens is 1810 g/mol. The summed E-state index contributed by atoms with van der Waals surface area (Å²) < 4.78 is 137. The zero-order valence-electron chi connectivity index (χ0n) is 77.9. The first-order valence-electron chi connectivity index (χ1n) is 46.0. The summed E-state index contributed by atoms with van der Waals surface area (Å²) in [7, 11) is -5.34. The molecule has 1 N–H and O–H groups in total. The van der Waals surface area contributed by atoms with Gasteiger partial charge in [0.1, 0.15) is 48.8 Å². The second-order valence-electron chi connectivity index (χ2n) is 37.3. The third-order valence-electron chi connectivity index (χ3n) is 24.1. The SMILES string of the molecule is CC(C)(C)[Si]1(C(C)(C)C)OC[C@H]2O[C@H](OC[C@H]3O[C@H](OC[C@H]4O[C@@H](OC[C@H]5O[C@@H](OCC[Si](C)(C)C)[C@H](OC(=O)c6ccccc6)[C@@H](OC(=O)c6ccccc6)[C@H]5OC(=O)c5ccccc5)[C@H](OC(=O)c5ccccc5)[C@@H](OC(=O)c5ccccc5)[C@H]4OC(=O)c4ccccc4)[C@H](OC(=O)c4ccccc4)[C@@H](OC(=O)c4ccccc4)[C@H]3O)[C@H](OCc3ccccc3)[C@@H](OCc3ccccc3)[C@H]2O1. The van der Waals surface area contributed by atoms with Crippen LogP contribution in [0.1, 0.15) is 136 Å². The van der Waals surface area contributed by atoms with Crippen LogP contribution < -0.4 is 0 Å². The summed E-state index contributed by atoms with van der Waals surface area (Å²) in [5.41, 5.74) is 1.58. The van der Waals surface area contributed by atoms with Gasteiger partial charge in [-0.15, -0.1) is 0 Å². The number of carbonyl (C=O) groups excluding carboxylic acids is 8. The zero-order valence-corrected chi connectivity index (χ0v) is 79.9. The summed E-state index contributed by atoms with van der Waals surface area (Å²) in [6.07, 6.45) is -34.0. The fourth-order valence-electron chi connectivity index (χ4n) is 17.2. The van der Waals surface area contributed by atoms with E-state index in [2.05, 4.69) is 61.2 Å². The highest BCUT2D eigenvalue weighted by atomic mass is 28.4. The molecule has 5 aliphatic heterocycles. The van der Waals surface area contributed by atoms with Gasteiger partial charge >= 0.3 is 56.3 Å². The normalized spacial score (nSPS) is 25.8. The van der Waals surface area contributed by atoms with Gasteiger partial charge in [0.15, 0.2) is 74.0 Å². The van der Waals surface area contributed by atoms with Gasteiger partial charge in [-0.25, -0.2) is 38.4 Å². The number of aliphatic hydroxyl groups is 1. The lowest BCUT2D eigenvalue weighted by molar-refractivity contribution is -0.350. The van der Waals surface area contributed by atoms with Crippen LogP contribution in [0.3, 0.4) is 0 Å². The van der Waals surface area contributed by atoms with Crippen LogP contribution in [-0.2, 0) is 107 Å². The Kier molecular flexibility index (Phi) is 33.5. The van der Waals surface area contributed by atoms with Crippen molar-refractivity contribution in [2.45, 2.75) is 213 Å². The van der Waals surface area contributed by atoms with Gasteiger partial charge in [-0.3, -0.25) is 0 Å². The van der Waals surface area contributed by atoms with Gasteiger partial charge in [0.05, 0.1) is 84.1 Å². The molecule has 5 saturated heterocycles. The summed E-state index contributed by atoms with van der Waals surface area (Å²) in [6.45, 7) is 16.5. The van der Waals surface area contributed by atoms with Gasteiger partial charge in [-0.1, -0.05) is 267 Å². The number of aliphatic hydroxyl groups excluding tert-OH is 1. The average Bonchev–Trinajstić information content (AvgIpc) is 0.722. The molecule has 0 aliphatic carbocycles. The summed E-state index contributed by atoms with van der Waals surface area (Å²) in [5, 5.41) is 12.3. The largest absolute Gasteiger partial charge is 0.452 e. The molecule has 0 radical (unpaired) electrons. The second kappa shape index (κ2) is 46.1. The molecule has 15 rings (SSSR count). The Hall–Kier alpha value is -12.1. The van der Waals surface area contributed by atoms with Gasteiger partial charge < -0.3 is 99.2 Å². The monoisotopic (exact) mass is 1920 g/mol. The lowest BCUT2D eigenvalue weighted by atomic mass is 9.96. The van der Waals surface area contributed by atoms with Gasteiger partial charge in [-0.05, 0) is 114 Å². The van der Waals surface area contributed by atoms with E-state index < -0.39 is 217 Å². The number of hydrogen-bond donors (Lipinski definition) is 1. The highest BCUT2D eigenvalue weighted by Crippen LogP contribution is 2.56. The van der Waals surface area contributed by atoms with Crippen molar-refractivity contribution in [2.24, 2.45) is 0 Å². The van der Waals surface area contributed by atoms with E-state index in [0.29, 0.717) is 6.04 Å². The van der Waals surface area contributed by atoms with E-state index in [0.717, 1.165) is 11.1 Å². The number of esters is 8. The molecule has 0 bridgehead atoms. The van der Waals surface area contributed by atoms with Crippen LogP contribution in [0.2, 0.25) is 35.8 Å². The number of benzene rings is 10. The summed E-state index contributed by atoms with van der Waals surface area (Å²) in [5.74, 6) is -8.09. The Bertz CT molecular complexity index is 5620. The van der Waals surface area contributed by atoms with Gasteiger partial charge in [0, 0.05) is 24.8 Å². The number of ether oxygens (including phenoxy) is 18. The lowest BCUT2D eigenvalue weighted by Gasteiger charge is -2.58. The van der Waals surface area contributed by atoms with Gasteiger partial charge in [-0.2, -0.15) is 0 Å². The minimum absolute atomic E-state index is 0.00405. The summed E-state index contributed by atoms with van der Waals surface area (Å²) in [6, 6.07) is 81.8. The Morgan fingerprint density at radius 1 is 0.304 bits per heavy atom. The maximum atomic E-state index is 15.4. The first-order valence-corrected chi connectivity index (χ1v) is 51.5. The number of hydrogen-bond acceptors (Lipinski definition) is 29. The molecule has 10 aromatic carbocycles. The Labute approximate surface area is 802 Å². The smallest absolute Gasteiger partial charge is 0.349 e. The van der Waals surface area contributed by atoms with E-state index in [1.807, 2.05) is 60.7 Å². The van der Waals surface area contributed by atoms with Crippen LogP contribution in [0.25, 0.3) is 0 Å². The van der Waals surface area contributed by atoms with Crippen LogP contribution in [0.5, 0.6) is 0 Å². The molecular formula is C107H114O29Si2. The highest BCUT2D eigenvalue weighted by Gasteiger charge is 2.66. The van der Waals surface area contributed by atoms with Gasteiger partial charge in [0.25, 0.3) is 0 Å². The molecule has 0 saturated carbocycles. The second-order valence-corrected chi connectivity index (χ2v) is 47.6. The Morgan fingerprint density at radius 2 is 0.558 bits per heavy atom. The molecule has 5 heterocycles. The molecule has 0 spiro atoms. The maximum absolute atomic E-state index is 15.4. The van der Waals surface area contributed by atoms with E-state index >= 15 is 24.0 Å². The quantitative estimate of drug-likeness (QED) is 0.0219. The van der Waals surface area contributed by atoms with Crippen LogP contribution >= 0.6 is 0 Å². The highest BCUT2D eigenvalue weighted by molar-refractivity contribution is 6.76. The van der Waals surface area contributed by atoms with E-state index in [9.17, 15) is 19.5 Å². The summed E-state index contributed by atoms with van der Waals surface area (Å²) >= 11 is 0. The minimum Gasteiger partial charge on any atom is -0.452 e.